The molecule has 8 nitrogen and oxygen atoms in total. The number of benzene rings is 3. The van der Waals surface area contributed by atoms with E-state index in [1.54, 1.807) is 0 Å². The van der Waals surface area contributed by atoms with E-state index in [2.05, 4.69) is 83.9 Å². The van der Waals surface area contributed by atoms with Crippen molar-refractivity contribution in [1.82, 2.24) is 19.8 Å². The molecule has 8 heteroatoms. The Bertz CT molecular complexity index is 1770. The van der Waals surface area contributed by atoms with Crippen molar-refractivity contribution in [3.63, 3.8) is 0 Å². The molecule has 5 aromatic rings. The summed E-state index contributed by atoms with van der Waals surface area (Å²) >= 11 is 0. The minimum absolute atomic E-state index is 0.115. The first-order chi connectivity index (χ1) is 21.8. The molecule has 0 radical (unpaired) electrons. The summed E-state index contributed by atoms with van der Waals surface area (Å²) in [6.45, 7) is 10.3. The van der Waals surface area contributed by atoms with Crippen LogP contribution in [0, 0.1) is 27.7 Å². The smallest absolute Gasteiger partial charge is 0.223 e. The molecule has 1 aliphatic heterocycles. The second-order valence-electron chi connectivity index (χ2n) is 11.8. The lowest BCUT2D eigenvalue weighted by Gasteiger charge is -2.24. The van der Waals surface area contributed by atoms with E-state index in [0.29, 0.717) is 52.2 Å². The number of nitrogens with zero attached hydrogens (tertiary/aromatic N) is 4. The number of ether oxygens (including phenoxy) is 2. The summed E-state index contributed by atoms with van der Waals surface area (Å²) < 4.78 is 19.5. The number of aromatic nitrogens is 3. The van der Waals surface area contributed by atoms with Crippen LogP contribution in [-0.4, -0.2) is 52.1 Å². The Kier molecular flexibility index (Phi) is 9.12. The molecule has 3 aromatic carbocycles. The van der Waals surface area contributed by atoms with Crippen LogP contribution in [0.5, 0.6) is 5.75 Å². The molecular weight excluding hydrogens is 564 g/mol. The summed E-state index contributed by atoms with van der Waals surface area (Å²) in [5.74, 6) is 1.76. The van der Waals surface area contributed by atoms with E-state index in [1.807, 2.05) is 36.4 Å². The van der Waals surface area contributed by atoms with E-state index in [1.165, 1.54) is 0 Å². The van der Waals surface area contributed by atoms with Crippen molar-refractivity contribution in [2.75, 3.05) is 26.4 Å². The van der Waals surface area contributed by atoms with Gasteiger partial charge in [-0.25, -0.2) is 4.68 Å². The Morgan fingerprint density at radius 3 is 2.47 bits per heavy atom. The number of aryl methyl sites for hydroxylation is 5. The van der Waals surface area contributed by atoms with Gasteiger partial charge in [-0.05, 0) is 92.3 Å². The van der Waals surface area contributed by atoms with Gasteiger partial charge in [-0.3, -0.25) is 4.79 Å². The van der Waals surface area contributed by atoms with Gasteiger partial charge in [0, 0.05) is 37.2 Å². The van der Waals surface area contributed by atoms with Gasteiger partial charge >= 0.3 is 0 Å². The molecule has 0 unspecified atom stereocenters. The molecule has 1 aliphatic rings. The first kappa shape index (κ1) is 30.3. The summed E-state index contributed by atoms with van der Waals surface area (Å²) in [7, 11) is 0. The molecule has 0 saturated heterocycles. The molecule has 45 heavy (non-hydrogen) atoms. The Hall–Kier alpha value is -4.69. The number of hydrogen-bond acceptors (Lipinski definition) is 6. The van der Waals surface area contributed by atoms with Gasteiger partial charge in [-0.15, -0.1) is 0 Å². The molecule has 232 valence electrons. The van der Waals surface area contributed by atoms with Gasteiger partial charge in [-0.1, -0.05) is 47.6 Å². The highest BCUT2D eigenvalue weighted by molar-refractivity contribution is 5.76. The highest BCUT2D eigenvalue weighted by Crippen LogP contribution is 2.32. The van der Waals surface area contributed by atoms with E-state index < -0.39 is 0 Å². The molecular formula is C37H40N4O4. The van der Waals surface area contributed by atoms with Crippen molar-refractivity contribution < 1.29 is 18.8 Å². The zero-order valence-corrected chi connectivity index (χ0v) is 26.5. The third kappa shape index (κ3) is 7.18. The molecule has 2 bridgehead atoms. The molecule has 0 spiro atoms. The predicted octanol–water partition coefficient (Wildman–Crippen LogP) is 6.72. The minimum Gasteiger partial charge on any atom is -0.491 e. The predicted molar refractivity (Wildman–Crippen MR) is 174 cm³/mol. The largest absolute Gasteiger partial charge is 0.491 e. The lowest BCUT2D eigenvalue weighted by atomic mass is 9.96. The van der Waals surface area contributed by atoms with Crippen molar-refractivity contribution in [1.29, 1.82) is 0 Å². The van der Waals surface area contributed by atoms with Crippen LogP contribution in [0.1, 0.15) is 51.5 Å². The maximum absolute atomic E-state index is 13.5. The number of hydrogen-bond donors (Lipinski definition) is 0. The molecule has 0 N–H and O–H groups in total. The van der Waals surface area contributed by atoms with Crippen molar-refractivity contribution in [2.24, 2.45) is 0 Å². The van der Waals surface area contributed by atoms with E-state index in [4.69, 9.17) is 14.0 Å². The van der Waals surface area contributed by atoms with Crippen LogP contribution in [-0.2, 0) is 28.9 Å². The summed E-state index contributed by atoms with van der Waals surface area (Å²) in [4.78, 5) is 15.4. The second-order valence-corrected chi connectivity index (χ2v) is 11.8. The van der Waals surface area contributed by atoms with Crippen LogP contribution < -0.4 is 4.74 Å². The zero-order chi connectivity index (χ0) is 31.3. The van der Waals surface area contributed by atoms with E-state index in [9.17, 15) is 4.79 Å². The van der Waals surface area contributed by atoms with Crippen LogP contribution in [0.3, 0.4) is 0 Å². The summed E-state index contributed by atoms with van der Waals surface area (Å²) in [6, 6.07) is 25.1. The Balaban J connectivity index is 1.17. The SMILES string of the molecule is Cc1cc(C)n(-c2ccc(CCC(=O)N3CCOCCOc4ccc(-c5c(C)noc5C)cc4Cc4cccc(c4)C3)cc2)n1. The number of fused-ring (bicyclic) bond motifs is 3. The fourth-order valence-electron chi connectivity index (χ4n) is 6.07. The molecule has 0 aliphatic carbocycles. The van der Waals surface area contributed by atoms with E-state index in [-0.39, 0.29) is 5.91 Å². The topological polar surface area (TPSA) is 82.6 Å². The second kappa shape index (κ2) is 13.5. The van der Waals surface area contributed by atoms with Gasteiger partial charge in [0.15, 0.2) is 0 Å². The highest BCUT2D eigenvalue weighted by atomic mass is 16.5. The Morgan fingerprint density at radius 2 is 1.71 bits per heavy atom. The quantitative estimate of drug-likeness (QED) is 0.222. The lowest BCUT2D eigenvalue weighted by molar-refractivity contribution is -0.132. The molecule has 0 atom stereocenters. The molecule has 2 aromatic heterocycles. The van der Waals surface area contributed by atoms with E-state index >= 15 is 0 Å². The highest BCUT2D eigenvalue weighted by Gasteiger charge is 2.18. The number of carbonyl (C=O) groups excluding carboxylic acids is 1. The van der Waals surface area contributed by atoms with Crippen LogP contribution in [0.2, 0.25) is 0 Å². The maximum Gasteiger partial charge on any atom is 0.223 e. The van der Waals surface area contributed by atoms with Crippen LogP contribution in [0.4, 0.5) is 0 Å². The fourth-order valence-corrected chi connectivity index (χ4v) is 6.07. The average Bonchev–Trinajstić information content (AvgIpc) is 3.56. The standard InChI is InChI=1S/C37H40N4O4/c1-25-20-26(2)41(38-25)34-12-8-29(9-13-34)10-15-36(42)40-16-17-43-18-19-44-35-14-11-32(37-27(3)39-45-28(37)4)23-33(35)22-30-6-5-7-31(21-30)24-40/h5-9,11-14,20-21,23H,10,15-19,22,24H2,1-4H3. The molecule has 6 rings (SSSR count). The lowest BCUT2D eigenvalue weighted by Crippen LogP contribution is -2.34. The monoisotopic (exact) mass is 604 g/mol. The summed E-state index contributed by atoms with van der Waals surface area (Å²) in [6.07, 6.45) is 1.80. The summed E-state index contributed by atoms with van der Waals surface area (Å²) in [5, 5.41) is 8.71. The maximum atomic E-state index is 13.5. The fraction of sp³-hybridized carbons (Fsp3) is 0.324. The van der Waals surface area contributed by atoms with Crippen LogP contribution >= 0.6 is 0 Å². The van der Waals surface area contributed by atoms with Crippen molar-refractivity contribution in [3.8, 4) is 22.6 Å². The Morgan fingerprint density at radius 1 is 0.889 bits per heavy atom. The molecule has 3 heterocycles. The van der Waals surface area contributed by atoms with Gasteiger partial charge in [0.1, 0.15) is 18.1 Å². The molecule has 0 fully saturated rings. The number of rotatable bonds is 5. The first-order valence-corrected chi connectivity index (χ1v) is 15.6. The minimum atomic E-state index is 0.115. The van der Waals surface area contributed by atoms with Gasteiger partial charge < -0.3 is 18.9 Å². The van der Waals surface area contributed by atoms with Gasteiger partial charge in [0.25, 0.3) is 0 Å². The van der Waals surface area contributed by atoms with Gasteiger partial charge in [-0.2, -0.15) is 5.10 Å². The first-order valence-electron chi connectivity index (χ1n) is 15.6. The molecule has 0 saturated carbocycles. The van der Waals surface area contributed by atoms with E-state index in [0.717, 1.165) is 67.7 Å². The summed E-state index contributed by atoms with van der Waals surface area (Å²) in [5.41, 5.74) is 10.5. The van der Waals surface area contributed by atoms with Crippen LogP contribution in [0.25, 0.3) is 16.8 Å². The van der Waals surface area contributed by atoms with Crippen molar-refractivity contribution in [2.45, 2.75) is 53.5 Å². The normalized spacial score (nSPS) is 14.0. The number of carbonyl (C=O) groups is 1. The van der Waals surface area contributed by atoms with Crippen molar-refractivity contribution in [3.05, 3.63) is 118 Å². The third-order valence-electron chi connectivity index (χ3n) is 8.30. The zero-order valence-electron chi connectivity index (χ0n) is 26.5. The van der Waals surface area contributed by atoms with Crippen molar-refractivity contribution >= 4 is 5.91 Å². The molecule has 1 amide bonds. The van der Waals surface area contributed by atoms with Gasteiger partial charge in [0.05, 0.1) is 30.3 Å². The Labute approximate surface area is 264 Å². The number of amides is 1. The van der Waals surface area contributed by atoms with Gasteiger partial charge in [0.2, 0.25) is 5.91 Å². The van der Waals surface area contributed by atoms with Crippen LogP contribution in [0.15, 0.2) is 77.3 Å². The average molecular weight is 605 g/mol. The third-order valence-corrected chi connectivity index (χ3v) is 8.30.